The third kappa shape index (κ3) is 3.35. The molecule has 0 atom stereocenters. The van der Waals surface area contributed by atoms with E-state index in [1.807, 2.05) is 18.2 Å². The fourth-order valence-electron chi connectivity index (χ4n) is 2.79. The van der Waals surface area contributed by atoms with Crippen LogP contribution in [0.25, 0.3) is 11.0 Å². The van der Waals surface area contributed by atoms with Crippen molar-refractivity contribution < 1.29 is 9.32 Å². The van der Waals surface area contributed by atoms with Gasteiger partial charge in [0.1, 0.15) is 6.54 Å². The molecule has 0 radical (unpaired) electrons. The first-order chi connectivity index (χ1) is 12.6. The largest absolute Gasteiger partial charge is 0.344 e. The first-order valence-electron chi connectivity index (χ1n) is 8.63. The smallest absolute Gasteiger partial charge is 0.269 e. The van der Waals surface area contributed by atoms with Gasteiger partial charge in [0.15, 0.2) is 5.82 Å². The Labute approximate surface area is 149 Å². The molecule has 0 unspecified atom stereocenters. The van der Waals surface area contributed by atoms with Crippen LogP contribution in [0.3, 0.4) is 0 Å². The van der Waals surface area contributed by atoms with Crippen molar-refractivity contribution in [2.75, 3.05) is 13.6 Å². The van der Waals surface area contributed by atoms with E-state index >= 15 is 0 Å². The van der Waals surface area contributed by atoms with Crippen molar-refractivity contribution in [1.82, 2.24) is 24.6 Å². The molecule has 1 aliphatic carbocycles. The molecule has 8 nitrogen and oxygen atoms in total. The third-order valence-corrected chi connectivity index (χ3v) is 4.55. The van der Waals surface area contributed by atoms with E-state index < -0.39 is 0 Å². The van der Waals surface area contributed by atoms with Crippen LogP contribution in [0.2, 0.25) is 0 Å². The maximum absolute atomic E-state index is 12.5. The Hall–Kier alpha value is -3.03. The molecule has 0 saturated heterocycles. The van der Waals surface area contributed by atoms with Gasteiger partial charge in [-0.1, -0.05) is 17.3 Å². The van der Waals surface area contributed by atoms with Crippen molar-refractivity contribution >= 4 is 16.9 Å². The highest BCUT2D eigenvalue weighted by Crippen LogP contribution is 2.38. The minimum Gasteiger partial charge on any atom is -0.344 e. The highest BCUT2D eigenvalue weighted by molar-refractivity contribution is 5.79. The van der Waals surface area contributed by atoms with Crippen LogP contribution in [-0.2, 0) is 17.8 Å². The summed E-state index contributed by atoms with van der Waals surface area (Å²) in [7, 11) is 1.71. The van der Waals surface area contributed by atoms with Gasteiger partial charge < -0.3 is 9.42 Å². The van der Waals surface area contributed by atoms with Gasteiger partial charge >= 0.3 is 0 Å². The third-order valence-electron chi connectivity index (χ3n) is 4.55. The van der Waals surface area contributed by atoms with Crippen LogP contribution >= 0.6 is 0 Å². The Morgan fingerprint density at radius 1 is 1.35 bits per heavy atom. The second-order valence-corrected chi connectivity index (χ2v) is 6.56. The topological polar surface area (TPSA) is 94.1 Å². The van der Waals surface area contributed by atoms with Gasteiger partial charge in [0.2, 0.25) is 11.8 Å². The zero-order valence-corrected chi connectivity index (χ0v) is 14.5. The zero-order chi connectivity index (χ0) is 18.1. The van der Waals surface area contributed by atoms with Gasteiger partial charge in [-0.3, -0.25) is 14.2 Å². The number of carbonyl (C=O) groups is 1. The Kier molecular flexibility index (Phi) is 4.24. The lowest BCUT2D eigenvalue weighted by Gasteiger charge is -2.17. The molecule has 134 valence electrons. The molecular weight excluding hydrogens is 334 g/mol. The highest BCUT2D eigenvalue weighted by Gasteiger charge is 2.29. The molecule has 1 fully saturated rings. The maximum Gasteiger partial charge on any atom is 0.269 e. The number of fused-ring (bicyclic) bond motifs is 1. The number of hydrogen-bond acceptors (Lipinski definition) is 6. The number of nitrogens with zero attached hydrogens (tertiary/aromatic N) is 5. The summed E-state index contributed by atoms with van der Waals surface area (Å²) in [6.07, 6.45) is 3.97. The van der Waals surface area contributed by atoms with E-state index in [9.17, 15) is 9.59 Å². The van der Waals surface area contributed by atoms with E-state index in [4.69, 9.17) is 4.52 Å². The van der Waals surface area contributed by atoms with Crippen molar-refractivity contribution in [2.24, 2.45) is 0 Å². The predicted molar refractivity (Wildman–Crippen MR) is 93.6 cm³/mol. The van der Waals surface area contributed by atoms with Gasteiger partial charge in [0, 0.05) is 25.9 Å². The number of aromatic nitrogens is 4. The van der Waals surface area contributed by atoms with Gasteiger partial charge in [-0.25, -0.2) is 4.98 Å². The lowest BCUT2D eigenvalue weighted by molar-refractivity contribution is -0.130. The molecule has 2 heterocycles. The Bertz CT molecular complexity index is 1010. The van der Waals surface area contributed by atoms with Crippen molar-refractivity contribution in [3.8, 4) is 0 Å². The van der Waals surface area contributed by atoms with E-state index in [1.165, 1.54) is 10.8 Å². The first kappa shape index (κ1) is 16.4. The molecule has 2 aromatic heterocycles. The number of amides is 1. The number of carbonyl (C=O) groups excluding carboxylic acids is 1. The van der Waals surface area contributed by atoms with Crippen LogP contribution in [0, 0.1) is 0 Å². The van der Waals surface area contributed by atoms with Gasteiger partial charge in [-0.2, -0.15) is 4.98 Å². The van der Waals surface area contributed by atoms with E-state index in [-0.39, 0.29) is 18.0 Å². The average Bonchev–Trinajstić information content (AvgIpc) is 3.40. The molecule has 1 aromatic carbocycles. The molecule has 0 N–H and O–H groups in total. The maximum atomic E-state index is 12.5. The Balaban J connectivity index is 1.42. The lowest BCUT2D eigenvalue weighted by Crippen LogP contribution is -2.35. The molecule has 0 bridgehead atoms. The van der Waals surface area contributed by atoms with Gasteiger partial charge in [0.25, 0.3) is 5.56 Å². The molecule has 0 aliphatic heterocycles. The number of benzene rings is 1. The number of hydrogen-bond donors (Lipinski definition) is 0. The lowest BCUT2D eigenvalue weighted by atomic mass is 10.3. The SMILES string of the molecule is CN(CCc1noc(C2CC2)n1)C(=O)Cn1c(=O)cnc2ccccc21. The summed E-state index contributed by atoms with van der Waals surface area (Å²) in [4.78, 5) is 34.7. The minimum atomic E-state index is -0.294. The van der Waals surface area contributed by atoms with Crippen LogP contribution in [0.5, 0.6) is 0 Å². The molecular formula is C18H19N5O3. The quantitative estimate of drug-likeness (QED) is 0.664. The van der Waals surface area contributed by atoms with Crippen molar-refractivity contribution in [2.45, 2.75) is 31.7 Å². The summed E-state index contributed by atoms with van der Waals surface area (Å²) < 4.78 is 6.67. The second-order valence-electron chi connectivity index (χ2n) is 6.56. The van der Waals surface area contributed by atoms with Crippen LogP contribution < -0.4 is 5.56 Å². The molecule has 1 aliphatic rings. The Morgan fingerprint density at radius 3 is 2.96 bits per heavy atom. The van der Waals surface area contributed by atoms with Crippen LogP contribution in [0.1, 0.15) is 30.5 Å². The molecule has 1 saturated carbocycles. The molecule has 8 heteroatoms. The second kappa shape index (κ2) is 6.70. The first-order valence-corrected chi connectivity index (χ1v) is 8.63. The predicted octanol–water partition coefficient (Wildman–Crippen LogP) is 1.36. The number of rotatable bonds is 6. The van der Waals surface area contributed by atoms with Gasteiger partial charge in [0.05, 0.1) is 17.2 Å². The monoisotopic (exact) mass is 353 g/mol. The highest BCUT2D eigenvalue weighted by atomic mass is 16.5. The fraction of sp³-hybridized carbons (Fsp3) is 0.389. The summed E-state index contributed by atoms with van der Waals surface area (Å²) in [6, 6.07) is 7.27. The number of likely N-dealkylation sites (N-methyl/N-ethyl adjacent to an activating group) is 1. The molecule has 1 amide bonds. The van der Waals surface area contributed by atoms with E-state index in [2.05, 4.69) is 15.1 Å². The van der Waals surface area contributed by atoms with Crippen molar-refractivity contribution in [3.63, 3.8) is 0 Å². The summed E-state index contributed by atoms with van der Waals surface area (Å²) in [5, 5.41) is 3.96. The van der Waals surface area contributed by atoms with Gasteiger partial charge in [-0.15, -0.1) is 0 Å². The van der Waals surface area contributed by atoms with Gasteiger partial charge in [-0.05, 0) is 25.0 Å². The summed E-state index contributed by atoms with van der Waals surface area (Å²) >= 11 is 0. The average molecular weight is 353 g/mol. The molecule has 0 spiro atoms. The molecule has 4 rings (SSSR count). The zero-order valence-electron chi connectivity index (χ0n) is 14.5. The molecule has 3 aromatic rings. The van der Waals surface area contributed by atoms with E-state index in [0.717, 1.165) is 12.8 Å². The Morgan fingerprint density at radius 2 is 2.15 bits per heavy atom. The fourth-order valence-corrected chi connectivity index (χ4v) is 2.79. The van der Waals surface area contributed by atoms with Crippen LogP contribution in [0.15, 0.2) is 39.8 Å². The standard InChI is InChI=1S/C18H19N5O3/c1-22(9-8-15-20-18(26-21-15)12-6-7-12)17(25)11-23-14-5-3-2-4-13(14)19-10-16(23)24/h2-5,10,12H,6-9,11H2,1H3. The van der Waals surface area contributed by atoms with Crippen molar-refractivity contribution in [1.29, 1.82) is 0 Å². The summed E-state index contributed by atoms with van der Waals surface area (Å²) in [5.41, 5.74) is 1.04. The number of para-hydroxylation sites is 2. The summed E-state index contributed by atoms with van der Waals surface area (Å²) in [5.74, 6) is 1.57. The van der Waals surface area contributed by atoms with Crippen molar-refractivity contribution in [3.05, 3.63) is 52.5 Å². The minimum absolute atomic E-state index is 0.0298. The normalized spacial score (nSPS) is 13.9. The van der Waals surface area contributed by atoms with Crippen LogP contribution in [-0.4, -0.2) is 44.1 Å². The van der Waals surface area contributed by atoms with Crippen LogP contribution in [0.4, 0.5) is 0 Å². The summed E-state index contributed by atoms with van der Waals surface area (Å²) in [6.45, 7) is 0.429. The molecule has 26 heavy (non-hydrogen) atoms. The van der Waals surface area contributed by atoms with E-state index in [1.54, 1.807) is 18.0 Å². The van der Waals surface area contributed by atoms with E-state index in [0.29, 0.717) is 41.6 Å².